The highest BCUT2D eigenvalue weighted by atomic mass is 19.1. The van der Waals surface area contributed by atoms with E-state index in [2.05, 4.69) is 0 Å². The lowest BCUT2D eigenvalue weighted by atomic mass is 10.2. The molecule has 4 nitrogen and oxygen atoms in total. The number of rotatable bonds is 4. The van der Waals surface area contributed by atoms with E-state index in [9.17, 15) is 13.6 Å². The molecule has 2 rings (SSSR count). The molecular formula is C16H11F2NO3. The number of halogens is 2. The van der Waals surface area contributed by atoms with Crippen molar-refractivity contribution in [2.24, 2.45) is 0 Å². The van der Waals surface area contributed by atoms with E-state index in [0.29, 0.717) is 12.4 Å². The highest BCUT2D eigenvalue weighted by molar-refractivity contribution is 5.91. The Hall–Kier alpha value is -2.94. The Labute approximate surface area is 125 Å². The Morgan fingerprint density at radius 2 is 1.73 bits per heavy atom. The van der Waals surface area contributed by atoms with Crippen LogP contribution in [0.1, 0.15) is 22.8 Å². The Morgan fingerprint density at radius 1 is 1.14 bits per heavy atom. The number of hydrogen-bond acceptors (Lipinski definition) is 4. The van der Waals surface area contributed by atoms with Crippen LogP contribution in [0, 0.1) is 23.0 Å². The second-order valence-corrected chi connectivity index (χ2v) is 4.22. The van der Waals surface area contributed by atoms with Crippen molar-refractivity contribution in [3.63, 3.8) is 0 Å². The monoisotopic (exact) mass is 303 g/mol. The van der Waals surface area contributed by atoms with Crippen LogP contribution in [-0.4, -0.2) is 12.6 Å². The summed E-state index contributed by atoms with van der Waals surface area (Å²) in [5.41, 5.74) is -0.519. The summed E-state index contributed by atoms with van der Waals surface area (Å²) >= 11 is 0. The third-order valence-electron chi connectivity index (χ3n) is 2.74. The largest absolute Gasteiger partial charge is 0.494 e. The van der Waals surface area contributed by atoms with E-state index in [-0.39, 0.29) is 11.3 Å². The normalized spacial score (nSPS) is 9.91. The summed E-state index contributed by atoms with van der Waals surface area (Å²) in [5, 5.41) is 8.57. The van der Waals surface area contributed by atoms with Gasteiger partial charge in [0.2, 0.25) is 0 Å². The van der Waals surface area contributed by atoms with Crippen molar-refractivity contribution in [2.75, 3.05) is 6.61 Å². The second-order valence-electron chi connectivity index (χ2n) is 4.22. The average Bonchev–Trinajstić information content (AvgIpc) is 2.48. The molecule has 0 spiro atoms. The van der Waals surface area contributed by atoms with Crippen LogP contribution in [-0.2, 0) is 0 Å². The van der Waals surface area contributed by atoms with E-state index in [1.54, 1.807) is 12.1 Å². The van der Waals surface area contributed by atoms with Gasteiger partial charge in [0.25, 0.3) is 0 Å². The minimum Gasteiger partial charge on any atom is -0.494 e. The van der Waals surface area contributed by atoms with Gasteiger partial charge in [-0.15, -0.1) is 0 Å². The Balaban J connectivity index is 2.17. The highest BCUT2D eigenvalue weighted by Crippen LogP contribution is 2.21. The van der Waals surface area contributed by atoms with Gasteiger partial charge in [0, 0.05) is 12.1 Å². The fourth-order valence-electron chi connectivity index (χ4n) is 1.74. The van der Waals surface area contributed by atoms with Crippen LogP contribution in [0.4, 0.5) is 8.78 Å². The molecule has 112 valence electrons. The molecule has 0 aliphatic rings. The van der Waals surface area contributed by atoms with Gasteiger partial charge >= 0.3 is 5.97 Å². The van der Waals surface area contributed by atoms with Gasteiger partial charge in [-0.3, -0.25) is 0 Å². The van der Waals surface area contributed by atoms with Crippen molar-refractivity contribution in [1.29, 1.82) is 5.26 Å². The SMILES string of the molecule is CCOc1ccc(C(=O)Oc2cc(F)c(C#N)c(F)c2)cc1. The maximum atomic E-state index is 13.4. The summed E-state index contributed by atoms with van der Waals surface area (Å²) in [7, 11) is 0. The predicted molar refractivity (Wildman–Crippen MR) is 73.6 cm³/mol. The first-order chi connectivity index (χ1) is 10.5. The zero-order valence-electron chi connectivity index (χ0n) is 11.6. The van der Waals surface area contributed by atoms with Crippen molar-refractivity contribution in [3.05, 3.63) is 59.2 Å². The lowest BCUT2D eigenvalue weighted by molar-refractivity contribution is 0.0734. The van der Waals surface area contributed by atoms with Gasteiger partial charge in [0.15, 0.2) is 0 Å². The smallest absolute Gasteiger partial charge is 0.343 e. The van der Waals surface area contributed by atoms with E-state index in [1.165, 1.54) is 18.2 Å². The molecule has 0 N–H and O–H groups in total. The summed E-state index contributed by atoms with van der Waals surface area (Å²) in [6.07, 6.45) is 0. The van der Waals surface area contributed by atoms with E-state index >= 15 is 0 Å². The summed E-state index contributed by atoms with van der Waals surface area (Å²) in [5.74, 6) is -2.66. The highest BCUT2D eigenvalue weighted by Gasteiger charge is 2.14. The van der Waals surface area contributed by atoms with Gasteiger partial charge in [0.05, 0.1) is 12.2 Å². The molecule has 0 fully saturated rings. The molecule has 2 aromatic rings. The number of hydrogen-bond donors (Lipinski definition) is 0. The third kappa shape index (κ3) is 3.38. The Morgan fingerprint density at radius 3 is 2.23 bits per heavy atom. The van der Waals surface area contributed by atoms with Crippen molar-refractivity contribution in [1.82, 2.24) is 0 Å². The number of ether oxygens (including phenoxy) is 2. The average molecular weight is 303 g/mol. The molecule has 0 atom stereocenters. The van der Waals surface area contributed by atoms with Crippen molar-refractivity contribution in [2.45, 2.75) is 6.92 Å². The van der Waals surface area contributed by atoms with Gasteiger partial charge < -0.3 is 9.47 Å². The number of nitriles is 1. The van der Waals surface area contributed by atoms with Crippen molar-refractivity contribution >= 4 is 5.97 Å². The van der Waals surface area contributed by atoms with Gasteiger partial charge in [-0.2, -0.15) is 5.26 Å². The predicted octanol–water partition coefficient (Wildman–Crippen LogP) is 3.45. The van der Waals surface area contributed by atoms with Crippen LogP contribution in [0.15, 0.2) is 36.4 Å². The first kappa shape index (κ1) is 15.4. The second kappa shape index (κ2) is 6.68. The van der Waals surface area contributed by atoms with Crippen LogP contribution in [0.25, 0.3) is 0 Å². The minimum atomic E-state index is -1.09. The molecule has 0 aromatic heterocycles. The maximum Gasteiger partial charge on any atom is 0.343 e. The summed E-state index contributed by atoms with van der Waals surface area (Å²) < 4.78 is 37.0. The summed E-state index contributed by atoms with van der Waals surface area (Å²) in [6, 6.07) is 9.08. The van der Waals surface area contributed by atoms with Crippen LogP contribution >= 0.6 is 0 Å². The molecule has 0 heterocycles. The Kier molecular flexibility index (Phi) is 4.69. The molecule has 0 saturated heterocycles. The minimum absolute atomic E-state index is 0.202. The summed E-state index contributed by atoms with van der Waals surface area (Å²) in [4.78, 5) is 11.9. The van der Waals surface area contributed by atoms with Crippen LogP contribution in [0.3, 0.4) is 0 Å². The number of carbonyl (C=O) groups is 1. The fraction of sp³-hybridized carbons (Fsp3) is 0.125. The zero-order chi connectivity index (χ0) is 16.1. The molecule has 0 aliphatic heterocycles. The first-order valence-electron chi connectivity index (χ1n) is 6.39. The van der Waals surface area contributed by atoms with Gasteiger partial charge in [0.1, 0.15) is 34.8 Å². The number of nitrogens with zero attached hydrogens (tertiary/aromatic N) is 1. The van der Waals surface area contributed by atoms with Crippen LogP contribution in [0.5, 0.6) is 11.5 Å². The molecule has 0 bridgehead atoms. The molecule has 0 radical (unpaired) electrons. The molecule has 6 heteroatoms. The maximum absolute atomic E-state index is 13.4. The molecule has 2 aromatic carbocycles. The molecule has 22 heavy (non-hydrogen) atoms. The first-order valence-corrected chi connectivity index (χ1v) is 6.39. The summed E-state index contributed by atoms with van der Waals surface area (Å²) in [6.45, 7) is 2.32. The van der Waals surface area contributed by atoms with Gasteiger partial charge in [-0.25, -0.2) is 13.6 Å². The lowest BCUT2D eigenvalue weighted by Gasteiger charge is -2.07. The topological polar surface area (TPSA) is 59.3 Å². The van der Waals surface area contributed by atoms with Crippen LogP contribution in [0.2, 0.25) is 0 Å². The third-order valence-corrected chi connectivity index (χ3v) is 2.74. The quantitative estimate of drug-likeness (QED) is 0.641. The molecule has 0 amide bonds. The van der Waals surface area contributed by atoms with Gasteiger partial charge in [-0.1, -0.05) is 0 Å². The van der Waals surface area contributed by atoms with E-state index in [0.717, 1.165) is 12.1 Å². The standard InChI is InChI=1S/C16H11F2NO3/c1-2-21-11-5-3-10(4-6-11)16(20)22-12-7-14(17)13(9-19)15(18)8-12/h3-8H,2H2,1H3. The molecular weight excluding hydrogens is 292 g/mol. The Bertz CT molecular complexity index is 713. The van der Waals surface area contributed by atoms with E-state index in [4.69, 9.17) is 14.7 Å². The van der Waals surface area contributed by atoms with Gasteiger partial charge in [-0.05, 0) is 31.2 Å². The molecule has 0 unspecified atom stereocenters. The number of benzene rings is 2. The lowest BCUT2D eigenvalue weighted by Crippen LogP contribution is -2.09. The van der Waals surface area contributed by atoms with Crippen molar-refractivity contribution < 1.29 is 23.0 Å². The van der Waals surface area contributed by atoms with Crippen LogP contribution < -0.4 is 9.47 Å². The molecule has 0 aliphatic carbocycles. The number of esters is 1. The number of carbonyl (C=O) groups excluding carboxylic acids is 1. The molecule has 0 saturated carbocycles. The van der Waals surface area contributed by atoms with Crippen molar-refractivity contribution in [3.8, 4) is 17.6 Å². The van der Waals surface area contributed by atoms with E-state index < -0.39 is 23.2 Å². The zero-order valence-corrected chi connectivity index (χ0v) is 11.6. The van der Waals surface area contributed by atoms with E-state index in [1.807, 2.05) is 6.92 Å². The fourth-order valence-corrected chi connectivity index (χ4v) is 1.74.